The van der Waals surface area contributed by atoms with Crippen LogP contribution in [-0.4, -0.2) is 19.5 Å². The van der Waals surface area contributed by atoms with Crippen molar-refractivity contribution in [2.24, 2.45) is 0 Å². The minimum atomic E-state index is -3.25. The highest BCUT2D eigenvalue weighted by Gasteiger charge is 2.10. The van der Waals surface area contributed by atoms with E-state index in [0.29, 0.717) is 6.54 Å². The Morgan fingerprint density at radius 1 is 1.10 bits per heavy atom. The summed E-state index contributed by atoms with van der Waals surface area (Å²) in [6.07, 6.45) is 4.73. The number of benzene rings is 1. The highest BCUT2D eigenvalue weighted by atomic mass is 32.2. The van der Waals surface area contributed by atoms with Gasteiger partial charge in [-0.15, -0.1) is 0 Å². The van der Waals surface area contributed by atoms with Crippen molar-refractivity contribution < 1.29 is 8.42 Å². The van der Waals surface area contributed by atoms with Gasteiger partial charge in [-0.05, 0) is 31.0 Å². The van der Waals surface area contributed by atoms with Crippen LogP contribution in [0.25, 0.3) is 0 Å². The third kappa shape index (κ3) is 4.83. The van der Waals surface area contributed by atoms with Crippen molar-refractivity contribution >= 4 is 10.0 Å². The summed E-state index contributed by atoms with van der Waals surface area (Å²) in [6.45, 7) is 3.27. The van der Waals surface area contributed by atoms with Gasteiger partial charge in [-0.2, -0.15) is 0 Å². The summed E-state index contributed by atoms with van der Waals surface area (Å²) in [6, 6.07) is 11.5. The smallest absolute Gasteiger partial charge is 0.215 e. The summed E-state index contributed by atoms with van der Waals surface area (Å²) in [5.74, 6) is 0.0385. The molecule has 0 aliphatic heterocycles. The molecule has 4 nitrogen and oxygen atoms in total. The van der Waals surface area contributed by atoms with Gasteiger partial charge in [0, 0.05) is 25.5 Å². The maximum Gasteiger partial charge on any atom is 0.215 e. The zero-order chi connectivity index (χ0) is 14.4. The van der Waals surface area contributed by atoms with Gasteiger partial charge < -0.3 is 4.57 Å². The second kappa shape index (κ2) is 6.72. The summed E-state index contributed by atoms with van der Waals surface area (Å²) in [5, 5.41) is 0. The maximum atomic E-state index is 11.9. The Kier molecular flexibility index (Phi) is 4.98. The molecule has 0 saturated heterocycles. The van der Waals surface area contributed by atoms with E-state index < -0.39 is 10.0 Å². The van der Waals surface area contributed by atoms with Crippen LogP contribution in [0.2, 0.25) is 0 Å². The van der Waals surface area contributed by atoms with Crippen molar-refractivity contribution in [2.45, 2.75) is 25.6 Å². The summed E-state index contributed by atoms with van der Waals surface area (Å²) in [7, 11) is -3.25. The van der Waals surface area contributed by atoms with E-state index in [4.69, 9.17) is 0 Å². The molecule has 1 heterocycles. The number of sulfonamides is 1. The number of aryl methyl sites for hydroxylation is 2. The Balaban J connectivity index is 1.77. The molecule has 0 saturated carbocycles. The van der Waals surface area contributed by atoms with Crippen molar-refractivity contribution in [1.82, 2.24) is 9.29 Å². The first-order valence-electron chi connectivity index (χ1n) is 6.69. The van der Waals surface area contributed by atoms with Crippen LogP contribution >= 0.6 is 0 Å². The summed E-state index contributed by atoms with van der Waals surface area (Å²) >= 11 is 0. The number of aromatic nitrogens is 1. The lowest BCUT2D eigenvalue weighted by Gasteiger charge is -2.07. The summed E-state index contributed by atoms with van der Waals surface area (Å²) in [5.41, 5.74) is 1.94. The lowest BCUT2D eigenvalue weighted by atomic mass is 10.2. The average molecular weight is 292 g/mol. The topological polar surface area (TPSA) is 51.1 Å². The van der Waals surface area contributed by atoms with Crippen LogP contribution < -0.4 is 4.72 Å². The maximum absolute atomic E-state index is 11.9. The van der Waals surface area contributed by atoms with Crippen LogP contribution in [0.5, 0.6) is 0 Å². The van der Waals surface area contributed by atoms with E-state index in [0.717, 1.165) is 24.1 Å². The zero-order valence-corrected chi connectivity index (χ0v) is 12.4. The first-order chi connectivity index (χ1) is 9.55. The molecule has 1 aromatic heterocycles. The van der Waals surface area contributed by atoms with Gasteiger partial charge >= 0.3 is 0 Å². The van der Waals surface area contributed by atoms with Crippen LogP contribution in [0.15, 0.2) is 48.8 Å². The largest absolute Gasteiger partial charge is 0.354 e. The van der Waals surface area contributed by atoms with Crippen LogP contribution in [0, 0.1) is 6.92 Å². The molecule has 1 aromatic carbocycles. The standard InChI is InChI=1S/C15H20N2O2S/c1-14-5-7-15(8-6-14)13-20(18,19)16-9-4-12-17-10-2-3-11-17/h2-3,5-8,10-11,16H,4,9,12-13H2,1H3. The van der Waals surface area contributed by atoms with Gasteiger partial charge in [-0.3, -0.25) is 0 Å². The van der Waals surface area contributed by atoms with Gasteiger partial charge in [0.05, 0.1) is 5.75 Å². The SMILES string of the molecule is Cc1ccc(CS(=O)(=O)NCCCn2cccc2)cc1. The molecule has 0 radical (unpaired) electrons. The molecule has 0 amide bonds. The van der Waals surface area contributed by atoms with Crippen molar-refractivity contribution in [1.29, 1.82) is 0 Å². The Hall–Kier alpha value is -1.59. The Morgan fingerprint density at radius 2 is 1.75 bits per heavy atom. The number of hydrogen-bond donors (Lipinski definition) is 1. The van der Waals surface area contributed by atoms with Gasteiger partial charge in [0.2, 0.25) is 10.0 Å². The molecule has 0 aliphatic rings. The molecule has 0 bridgehead atoms. The molecule has 0 spiro atoms. The van der Waals surface area contributed by atoms with Crippen LogP contribution in [-0.2, 0) is 22.3 Å². The molecule has 2 rings (SSSR count). The predicted molar refractivity (Wildman–Crippen MR) is 80.9 cm³/mol. The third-order valence-corrected chi connectivity index (χ3v) is 4.42. The van der Waals surface area contributed by atoms with E-state index in [1.807, 2.05) is 60.3 Å². The second-order valence-electron chi connectivity index (χ2n) is 4.91. The van der Waals surface area contributed by atoms with Crippen molar-refractivity contribution in [3.05, 3.63) is 59.9 Å². The second-order valence-corrected chi connectivity index (χ2v) is 6.72. The highest BCUT2D eigenvalue weighted by Crippen LogP contribution is 2.07. The van der Waals surface area contributed by atoms with E-state index in [9.17, 15) is 8.42 Å². The minimum absolute atomic E-state index is 0.0385. The van der Waals surface area contributed by atoms with Crippen molar-refractivity contribution in [2.75, 3.05) is 6.54 Å². The zero-order valence-electron chi connectivity index (χ0n) is 11.6. The quantitative estimate of drug-likeness (QED) is 0.796. The molecule has 108 valence electrons. The molecular weight excluding hydrogens is 272 g/mol. The van der Waals surface area contributed by atoms with E-state index in [1.165, 1.54) is 0 Å². The fraction of sp³-hybridized carbons (Fsp3) is 0.333. The van der Waals surface area contributed by atoms with E-state index in [-0.39, 0.29) is 5.75 Å². The van der Waals surface area contributed by atoms with E-state index in [2.05, 4.69) is 4.72 Å². The number of nitrogens with zero attached hydrogens (tertiary/aromatic N) is 1. The lowest BCUT2D eigenvalue weighted by Crippen LogP contribution is -2.26. The fourth-order valence-electron chi connectivity index (χ4n) is 1.96. The molecule has 5 heteroatoms. The minimum Gasteiger partial charge on any atom is -0.354 e. The van der Waals surface area contributed by atoms with E-state index >= 15 is 0 Å². The van der Waals surface area contributed by atoms with Crippen LogP contribution in [0.4, 0.5) is 0 Å². The average Bonchev–Trinajstić information content (AvgIpc) is 2.90. The number of hydrogen-bond acceptors (Lipinski definition) is 2. The monoisotopic (exact) mass is 292 g/mol. The molecule has 0 aliphatic carbocycles. The van der Waals surface area contributed by atoms with Crippen molar-refractivity contribution in [3.8, 4) is 0 Å². The fourth-order valence-corrected chi connectivity index (χ4v) is 3.15. The van der Waals surface area contributed by atoms with E-state index in [1.54, 1.807) is 0 Å². The number of rotatable bonds is 7. The Morgan fingerprint density at radius 3 is 2.40 bits per heavy atom. The molecule has 2 aromatic rings. The molecule has 1 N–H and O–H groups in total. The molecule has 0 fully saturated rings. The van der Waals surface area contributed by atoms with Gasteiger partial charge in [0.15, 0.2) is 0 Å². The van der Waals surface area contributed by atoms with Gasteiger partial charge in [-0.25, -0.2) is 13.1 Å². The van der Waals surface area contributed by atoms with Crippen LogP contribution in [0.1, 0.15) is 17.5 Å². The lowest BCUT2D eigenvalue weighted by molar-refractivity contribution is 0.569. The van der Waals surface area contributed by atoms with Gasteiger partial charge in [0.1, 0.15) is 0 Å². The predicted octanol–water partition coefficient (Wildman–Crippen LogP) is 2.31. The van der Waals surface area contributed by atoms with Crippen molar-refractivity contribution in [3.63, 3.8) is 0 Å². The van der Waals surface area contributed by atoms with Gasteiger partial charge in [-0.1, -0.05) is 29.8 Å². The first-order valence-corrected chi connectivity index (χ1v) is 8.34. The normalized spacial score (nSPS) is 11.7. The Bertz CT molecular complexity index is 616. The summed E-state index contributed by atoms with van der Waals surface area (Å²) < 4.78 is 28.5. The Labute approximate surface area is 120 Å². The molecule has 0 unspecified atom stereocenters. The van der Waals surface area contributed by atoms with Gasteiger partial charge in [0.25, 0.3) is 0 Å². The highest BCUT2D eigenvalue weighted by molar-refractivity contribution is 7.88. The summed E-state index contributed by atoms with van der Waals surface area (Å²) in [4.78, 5) is 0. The molecular formula is C15H20N2O2S. The molecule has 20 heavy (non-hydrogen) atoms. The third-order valence-electron chi connectivity index (χ3n) is 3.06. The van der Waals surface area contributed by atoms with Crippen LogP contribution in [0.3, 0.4) is 0 Å². The molecule has 0 atom stereocenters. The number of nitrogens with one attached hydrogen (secondary N) is 1. The first kappa shape index (κ1) is 14.8.